The Kier molecular flexibility index (Phi) is 6.95. The lowest BCUT2D eigenvalue weighted by atomic mass is 10.1. The monoisotopic (exact) mass is 373 g/mol. The van der Waals surface area contributed by atoms with Crippen LogP contribution in [0.4, 0.5) is 4.79 Å². The van der Waals surface area contributed by atoms with E-state index in [0.29, 0.717) is 6.54 Å². The number of aromatic nitrogens is 2. The number of nitrogens with zero attached hydrogens (tertiary/aromatic N) is 4. The summed E-state index contributed by atoms with van der Waals surface area (Å²) in [6.07, 6.45) is 3.70. The predicted octanol–water partition coefficient (Wildman–Crippen LogP) is 1.97. The normalized spacial score (nSPS) is 13.9. The number of rotatable bonds is 4. The van der Waals surface area contributed by atoms with Crippen LogP contribution < -0.4 is 5.32 Å². The van der Waals surface area contributed by atoms with Crippen molar-refractivity contribution < 1.29 is 14.7 Å². The molecule has 1 atom stereocenters. The maximum atomic E-state index is 12.4. The number of nitrogens with one attached hydrogen (secondary N) is 1. The van der Waals surface area contributed by atoms with Crippen molar-refractivity contribution in [3.8, 4) is 0 Å². The lowest BCUT2D eigenvalue weighted by Gasteiger charge is -2.21. The summed E-state index contributed by atoms with van der Waals surface area (Å²) in [7, 11) is 5.82. The number of hydrogen-bond acceptors (Lipinski definition) is 4. The average molecular weight is 373 g/mol. The summed E-state index contributed by atoms with van der Waals surface area (Å²) >= 11 is 0. The quantitative estimate of drug-likeness (QED) is 0.800. The van der Waals surface area contributed by atoms with E-state index in [0.717, 1.165) is 24.2 Å². The number of hydrogen-bond donors (Lipinski definition) is 2. The summed E-state index contributed by atoms with van der Waals surface area (Å²) in [6, 6.07) is 6.36. The molecule has 8 heteroatoms. The standard InChI is InChI=1S/C18H25N5O.CH2O2/c1-13(17-8-19-23(4)12-17)20-18(24)22(3)9-14-5-6-15-10-21(2)11-16(15)7-14;2-1-3/h5-8,12-13H,9-11H2,1-4H3,(H,20,24);1H,(H,2,3). The Morgan fingerprint density at radius 1 is 1.37 bits per heavy atom. The third kappa shape index (κ3) is 5.55. The van der Waals surface area contributed by atoms with E-state index in [-0.39, 0.29) is 18.5 Å². The molecule has 2 aromatic rings. The molecule has 0 saturated heterocycles. The van der Waals surface area contributed by atoms with Gasteiger partial charge in [-0.15, -0.1) is 0 Å². The fourth-order valence-electron chi connectivity index (χ4n) is 3.10. The zero-order chi connectivity index (χ0) is 20.0. The summed E-state index contributed by atoms with van der Waals surface area (Å²) in [6.45, 7) is 4.31. The summed E-state index contributed by atoms with van der Waals surface area (Å²) in [5.74, 6) is 0. The highest BCUT2D eigenvalue weighted by Crippen LogP contribution is 2.23. The first-order valence-electron chi connectivity index (χ1n) is 8.71. The number of aryl methyl sites for hydroxylation is 1. The number of carbonyl (C=O) groups excluding carboxylic acids is 1. The van der Waals surface area contributed by atoms with Crippen molar-refractivity contribution >= 4 is 12.5 Å². The summed E-state index contributed by atoms with van der Waals surface area (Å²) in [5.41, 5.74) is 4.92. The van der Waals surface area contributed by atoms with E-state index in [9.17, 15) is 4.79 Å². The molecule has 1 aromatic heterocycles. The molecular weight excluding hydrogens is 346 g/mol. The Balaban J connectivity index is 0.000000817. The second kappa shape index (κ2) is 9.18. The lowest BCUT2D eigenvalue weighted by Crippen LogP contribution is -2.38. The molecule has 0 fully saturated rings. The van der Waals surface area contributed by atoms with Crippen LogP contribution in [-0.4, -0.2) is 51.3 Å². The molecule has 1 unspecified atom stereocenters. The third-order valence-electron chi connectivity index (χ3n) is 4.48. The minimum absolute atomic E-state index is 0.0673. The topological polar surface area (TPSA) is 90.7 Å². The molecule has 1 aromatic carbocycles. The Labute approximate surface area is 159 Å². The third-order valence-corrected chi connectivity index (χ3v) is 4.48. The van der Waals surface area contributed by atoms with Crippen molar-refractivity contribution in [2.24, 2.45) is 7.05 Å². The van der Waals surface area contributed by atoms with Gasteiger partial charge in [0.25, 0.3) is 6.47 Å². The van der Waals surface area contributed by atoms with Gasteiger partial charge in [0.2, 0.25) is 0 Å². The number of carboxylic acid groups (broad SMARTS) is 1. The molecule has 8 nitrogen and oxygen atoms in total. The maximum Gasteiger partial charge on any atom is 0.317 e. The van der Waals surface area contributed by atoms with Gasteiger partial charge in [-0.25, -0.2) is 4.79 Å². The Bertz CT molecular complexity index is 789. The Hall–Kier alpha value is -2.87. The highest BCUT2D eigenvalue weighted by Gasteiger charge is 2.18. The molecule has 146 valence electrons. The molecule has 2 N–H and O–H groups in total. The van der Waals surface area contributed by atoms with Crippen molar-refractivity contribution in [2.45, 2.75) is 32.6 Å². The second-order valence-electron chi connectivity index (χ2n) is 6.86. The maximum absolute atomic E-state index is 12.4. The van der Waals surface area contributed by atoms with Crippen LogP contribution >= 0.6 is 0 Å². The molecule has 3 rings (SSSR count). The van der Waals surface area contributed by atoms with E-state index in [1.807, 2.05) is 27.2 Å². The Morgan fingerprint density at radius 3 is 2.67 bits per heavy atom. The van der Waals surface area contributed by atoms with Crippen LogP contribution in [0.15, 0.2) is 30.6 Å². The highest BCUT2D eigenvalue weighted by molar-refractivity contribution is 5.74. The van der Waals surface area contributed by atoms with Crippen molar-refractivity contribution in [3.63, 3.8) is 0 Å². The SMILES string of the molecule is CC(NC(=O)N(C)Cc1ccc2c(c1)CN(C)C2)c1cnn(C)c1.O=CO. The highest BCUT2D eigenvalue weighted by atomic mass is 16.3. The van der Waals surface area contributed by atoms with Crippen LogP contribution in [-0.2, 0) is 31.5 Å². The van der Waals surface area contributed by atoms with Crippen LogP contribution in [0.5, 0.6) is 0 Å². The van der Waals surface area contributed by atoms with E-state index < -0.39 is 0 Å². The van der Waals surface area contributed by atoms with Crippen molar-refractivity contribution in [2.75, 3.05) is 14.1 Å². The summed E-state index contributed by atoms with van der Waals surface area (Å²) < 4.78 is 1.74. The molecule has 1 aliphatic rings. The van der Waals surface area contributed by atoms with E-state index in [1.165, 1.54) is 11.1 Å². The zero-order valence-electron chi connectivity index (χ0n) is 16.2. The van der Waals surface area contributed by atoms with E-state index in [2.05, 4.69) is 40.6 Å². The lowest BCUT2D eigenvalue weighted by molar-refractivity contribution is -0.122. The second-order valence-corrected chi connectivity index (χ2v) is 6.86. The van der Waals surface area contributed by atoms with Crippen LogP contribution in [0.2, 0.25) is 0 Å². The predicted molar refractivity (Wildman–Crippen MR) is 102 cm³/mol. The average Bonchev–Trinajstić information content (AvgIpc) is 3.19. The molecule has 0 bridgehead atoms. The van der Waals surface area contributed by atoms with Crippen molar-refractivity contribution in [3.05, 3.63) is 52.8 Å². The smallest absolute Gasteiger partial charge is 0.317 e. The van der Waals surface area contributed by atoms with Crippen LogP contribution in [0, 0.1) is 0 Å². The van der Waals surface area contributed by atoms with Gasteiger partial charge >= 0.3 is 6.03 Å². The number of benzene rings is 1. The molecular formula is C19H27N5O3. The minimum atomic E-state index is -0.250. The van der Waals surface area contributed by atoms with Crippen molar-refractivity contribution in [1.82, 2.24) is 24.9 Å². The largest absolute Gasteiger partial charge is 0.483 e. The van der Waals surface area contributed by atoms with Gasteiger partial charge in [0.15, 0.2) is 0 Å². The van der Waals surface area contributed by atoms with Gasteiger partial charge in [-0.3, -0.25) is 14.4 Å². The van der Waals surface area contributed by atoms with Crippen LogP contribution in [0.3, 0.4) is 0 Å². The minimum Gasteiger partial charge on any atom is -0.483 e. The molecule has 2 amide bonds. The van der Waals surface area contributed by atoms with Gasteiger partial charge in [-0.2, -0.15) is 5.10 Å². The van der Waals surface area contributed by atoms with Gasteiger partial charge in [0, 0.05) is 45.5 Å². The molecule has 0 saturated carbocycles. The number of urea groups is 1. The first-order chi connectivity index (χ1) is 12.8. The molecule has 27 heavy (non-hydrogen) atoms. The molecule has 0 aliphatic carbocycles. The van der Waals surface area contributed by atoms with E-state index in [4.69, 9.17) is 9.90 Å². The van der Waals surface area contributed by atoms with Gasteiger partial charge < -0.3 is 15.3 Å². The molecule has 0 radical (unpaired) electrons. The fourth-order valence-corrected chi connectivity index (χ4v) is 3.10. The molecule has 2 heterocycles. The fraction of sp³-hybridized carbons (Fsp3) is 0.421. The molecule has 0 spiro atoms. The van der Waals surface area contributed by atoms with Gasteiger partial charge in [-0.05, 0) is 30.7 Å². The van der Waals surface area contributed by atoms with E-state index in [1.54, 1.807) is 15.8 Å². The summed E-state index contributed by atoms with van der Waals surface area (Å²) in [4.78, 5) is 24.8. The van der Waals surface area contributed by atoms with Gasteiger partial charge in [0.1, 0.15) is 0 Å². The first-order valence-corrected chi connectivity index (χ1v) is 8.71. The van der Waals surface area contributed by atoms with Crippen LogP contribution in [0.1, 0.15) is 35.2 Å². The van der Waals surface area contributed by atoms with E-state index >= 15 is 0 Å². The number of fused-ring (bicyclic) bond motifs is 1. The Morgan fingerprint density at radius 2 is 2.04 bits per heavy atom. The van der Waals surface area contributed by atoms with Crippen LogP contribution in [0.25, 0.3) is 0 Å². The first kappa shape index (κ1) is 20.4. The molecule has 1 aliphatic heterocycles. The zero-order valence-corrected chi connectivity index (χ0v) is 16.2. The van der Waals surface area contributed by atoms with Gasteiger partial charge in [0.05, 0.1) is 12.2 Å². The van der Waals surface area contributed by atoms with Crippen molar-refractivity contribution in [1.29, 1.82) is 0 Å². The summed E-state index contributed by atoms with van der Waals surface area (Å²) in [5, 5.41) is 14.0. The number of amides is 2. The van der Waals surface area contributed by atoms with Gasteiger partial charge in [-0.1, -0.05) is 18.2 Å². The number of carbonyl (C=O) groups is 2.